The zero-order valence-electron chi connectivity index (χ0n) is 11.0. The minimum absolute atomic E-state index is 0.0157. The molecule has 1 aliphatic heterocycles. The van der Waals surface area contributed by atoms with Gasteiger partial charge in [-0.1, -0.05) is 12.1 Å². The zero-order valence-corrected chi connectivity index (χ0v) is 11.0. The Hall–Kier alpha value is -2.49. The van der Waals surface area contributed by atoms with Gasteiger partial charge in [0.05, 0.1) is 0 Å². The van der Waals surface area contributed by atoms with Crippen LogP contribution in [0.25, 0.3) is 0 Å². The average Bonchev–Trinajstić information content (AvgIpc) is 2.47. The number of amides is 1. The van der Waals surface area contributed by atoms with Crippen molar-refractivity contribution in [2.75, 3.05) is 12.3 Å². The normalized spacial score (nSPS) is 13.9. The minimum atomic E-state index is -0.0157. The number of nitrogens with zero attached hydrogens (tertiary/aromatic N) is 1. The van der Waals surface area contributed by atoms with E-state index in [9.17, 15) is 9.90 Å². The molecule has 20 heavy (non-hydrogen) atoms. The van der Waals surface area contributed by atoms with Gasteiger partial charge in [-0.2, -0.15) is 0 Å². The molecule has 1 aliphatic rings. The number of hydrogen-bond donors (Lipinski definition) is 2. The van der Waals surface area contributed by atoms with Crippen molar-refractivity contribution in [3.8, 4) is 5.75 Å². The highest BCUT2D eigenvalue weighted by molar-refractivity contribution is 5.94. The minimum Gasteiger partial charge on any atom is -0.508 e. The third kappa shape index (κ3) is 2.20. The van der Waals surface area contributed by atoms with Crippen molar-refractivity contribution >= 4 is 11.6 Å². The standard InChI is InChI=1S/C16H16N2O2/c17-15-3-1-2-12-10-18(9-8-14(12)15)16(20)11-4-6-13(19)7-5-11/h1-7,19H,8-10,17H2. The summed E-state index contributed by atoms with van der Waals surface area (Å²) < 4.78 is 0. The van der Waals surface area contributed by atoms with Crippen LogP contribution in [0.4, 0.5) is 5.69 Å². The predicted octanol–water partition coefficient (Wildman–Crippen LogP) is 2.17. The Morgan fingerprint density at radius 1 is 1.15 bits per heavy atom. The van der Waals surface area contributed by atoms with Gasteiger partial charge in [-0.3, -0.25) is 4.79 Å². The fraction of sp³-hybridized carbons (Fsp3) is 0.188. The van der Waals surface area contributed by atoms with Crippen molar-refractivity contribution in [1.29, 1.82) is 0 Å². The van der Waals surface area contributed by atoms with Gasteiger partial charge >= 0.3 is 0 Å². The number of anilines is 1. The van der Waals surface area contributed by atoms with E-state index in [1.165, 1.54) is 12.1 Å². The van der Waals surface area contributed by atoms with Crippen molar-refractivity contribution in [3.05, 3.63) is 59.2 Å². The number of carbonyl (C=O) groups is 1. The summed E-state index contributed by atoms with van der Waals surface area (Å²) in [5.41, 5.74) is 9.63. The number of carbonyl (C=O) groups excluding carboxylic acids is 1. The second-order valence-corrected chi connectivity index (χ2v) is 5.01. The third-order valence-electron chi connectivity index (χ3n) is 3.70. The summed E-state index contributed by atoms with van der Waals surface area (Å²) in [4.78, 5) is 14.2. The van der Waals surface area contributed by atoms with Gasteiger partial charge in [0.25, 0.3) is 5.91 Å². The van der Waals surface area contributed by atoms with E-state index < -0.39 is 0 Å². The summed E-state index contributed by atoms with van der Waals surface area (Å²) in [5.74, 6) is 0.149. The average molecular weight is 268 g/mol. The van der Waals surface area contributed by atoms with E-state index in [0.717, 1.165) is 23.2 Å². The molecular formula is C16H16N2O2. The second-order valence-electron chi connectivity index (χ2n) is 5.01. The molecule has 4 heteroatoms. The van der Waals surface area contributed by atoms with Gasteiger partial charge in [-0.15, -0.1) is 0 Å². The van der Waals surface area contributed by atoms with Gasteiger partial charge in [0, 0.05) is 24.3 Å². The number of phenolic OH excluding ortho intramolecular Hbond substituents is 1. The van der Waals surface area contributed by atoms with Crippen molar-refractivity contribution in [2.45, 2.75) is 13.0 Å². The molecule has 0 radical (unpaired) electrons. The lowest BCUT2D eigenvalue weighted by atomic mass is 9.97. The van der Waals surface area contributed by atoms with Crippen LogP contribution in [0, 0.1) is 0 Å². The van der Waals surface area contributed by atoms with Gasteiger partial charge in [-0.05, 0) is 47.9 Å². The SMILES string of the molecule is Nc1cccc2c1CCN(C(=O)c1ccc(O)cc1)C2. The number of hydrogen-bond acceptors (Lipinski definition) is 3. The van der Waals surface area contributed by atoms with Crippen LogP contribution in [-0.2, 0) is 13.0 Å². The summed E-state index contributed by atoms with van der Waals surface area (Å²) in [7, 11) is 0. The van der Waals surface area contributed by atoms with Crippen molar-refractivity contribution in [1.82, 2.24) is 4.90 Å². The Kier molecular flexibility index (Phi) is 3.06. The van der Waals surface area contributed by atoms with Gasteiger partial charge in [0.1, 0.15) is 5.75 Å². The van der Waals surface area contributed by atoms with Crippen LogP contribution in [0.2, 0.25) is 0 Å². The number of benzene rings is 2. The molecular weight excluding hydrogens is 252 g/mol. The predicted molar refractivity (Wildman–Crippen MR) is 77.4 cm³/mol. The fourth-order valence-corrected chi connectivity index (χ4v) is 2.60. The summed E-state index contributed by atoms with van der Waals surface area (Å²) in [5, 5.41) is 9.27. The second kappa shape index (κ2) is 4.89. The quantitative estimate of drug-likeness (QED) is 0.779. The molecule has 0 aromatic heterocycles. The Morgan fingerprint density at radius 2 is 1.90 bits per heavy atom. The first-order valence-corrected chi connectivity index (χ1v) is 6.59. The van der Waals surface area contributed by atoms with Gasteiger partial charge in [-0.25, -0.2) is 0 Å². The molecule has 0 saturated heterocycles. The third-order valence-corrected chi connectivity index (χ3v) is 3.70. The molecule has 1 heterocycles. The van der Waals surface area contributed by atoms with Gasteiger partial charge in [0.15, 0.2) is 0 Å². The highest BCUT2D eigenvalue weighted by atomic mass is 16.3. The molecule has 0 saturated carbocycles. The summed E-state index contributed by atoms with van der Waals surface area (Å²) in [6, 6.07) is 12.2. The number of aromatic hydroxyl groups is 1. The molecule has 102 valence electrons. The molecule has 0 bridgehead atoms. The smallest absolute Gasteiger partial charge is 0.254 e. The Morgan fingerprint density at radius 3 is 2.65 bits per heavy atom. The molecule has 0 fully saturated rings. The van der Waals surface area contributed by atoms with Crippen molar-refractivity contribution < 1.29 is 9.90 Å². The Bertz CT molecular complexity index is 650. The molecule has 2 aromatic carbocycles. The van der Waals surface area contributed by atoms with Crippen LogP contribution in [0.5, 0.6) is 5.75 Å². The van der Waals surface area contributed by atoms with Crippen LogP contribution in [0.1, 0.15) is 21.5 Å². The van der Waals surface area contributed by atoms with Crippen molar-refractivity contribution in [3.63, 3.8) is 0 Å². The molecule has 3 rings (SSSR count). The van der Waals surface area contributed by atoms with Crippen LogP contribution in [0.3, 0.4) is 0 Å². The van der Waals surface area contributed by atoms with Gasteiger partial charge < -0.3 is 15.7 Å². The van der Waals surface area contributed by atoms with Crippen LogP contribution in [-0.4, -0.2) is 22.5 Å². The van der Waals surface area contributed by atoms with E-state index in [4.69, 9.17) is 5.73 Å². The van der Waals surface area contributed by atoms with Crippen LogP contribution >= 0.6 is 0 Å². The molecule has 4 nitrogen and oxygen atoms in total. The Labute approximate surface area is 117 Å². The first kappa shape index (κ1) is 12.5. The number of nitrogens with two attached hydrogens (primary N) is 1. The topological polar surface area (TPSA) is 66.6 Å². The number of phenols is 1. The monoisotopic (exact) mass is 268 g/mol. The van der Waals surface area contributed by atoms with E-state index in [1.807, 2.05) is 23.1 Å². The molecule has 0 atom stereocenters. The van der Waals surface area contributed by atoms with Gasteiger partial charge in [0.2, 0.25) is 0 Å². The molecule has 0 unspecified atom stereocenters. The lowest BCUT2D eigenvalue weighted by molar-refractivity contribution is 0.0735. The maximum absolute atomic E-state index is 12.4. The Balaban J connectivity index is 1.83. The summed E-state index contributed by atoms with van der Waals surface area (Å²) in [6.07, 6.45) is 0.784. The molecule has 2 aromatic rings. The molecule has 3 N–H and O–H groups in total. The lowest BCUT2D eigenvalue weighted by Gasteiger charge is -2.29. The summed E-state index contributed by atoms with van der Waals surface area (Å²) >= 11 is 0. The molecule has 1 amide bonds. The van der Waals surface area contributed by atoms with E-state index >= 15 is 0 Å². The van der Waals surface area contributed by atoms with Crippen LogP contribution < -0.4 is 5.73 Å². The lowest BCUT2D eigenvalue weighted by Crippen LogP contribution is -2.36. The highest BCUT2D eigenvalue weighted by Crippen LogP contribution is 2.25. The summed E-state index contributed by atoms with van der Waals surface area (Å²) in [6.45, 7) is 1.25. The number of fused-ring (bicyclic) bond motifs is 1. The van der Waals surface area contributed by atoms with E-state index in [-0.39, 0.29) is 11.7 Å². The van der Waals surface area contributed by atoms with Crippen LogP contribution in [0.15, 0.2) is 42.5 Å². The first-order chi connectivity index (χ1) is 9.65. The van der Waals surface area contributed by atoms with E-state index in [1.54, 1.807) is 12.1 Å². The largest absolute Gasteiger partial charge is 0.508 e. The fourth-order valence-electron chi connectivity index (χ4n) is 2.60. The number of rotatable bonds is 1. The highest BCUT2D eigenvalue weighted by Gasteiger charge is 2.22. The number of nitrogen functional groups attached to an aromatic ring is 1. The maximum Gasteiger partial charge on any atom is 0.254 e. The van der Waals surface area contributed by atoms with Crippen molar-refractivity contribution in [2.24, 2.45) is 0 Å². The molecule has 0 aliphatic carbocycles. The molecule has 0 spiro atoms. The maximum atomic E-state index is 12.4. The van der Waals surface area contributed by atoms with E-state index in [0.29, 0.717) is 18.7 Å². The zero-order chi connectivity index (χ0) is 14.1. The first-order valence-electron chi connectivity index (χ1n) is 6.59. The van der Waals surface area contributed by atoms with E-state index in [2.05, 4.69) is 0 Å².